The van der Waals surface area contributed by atoms with Crippen LogP contribution in [-0.4, -0.2) is 31.8 Å². The summed E-state index contributed by atoms with van der Waals surface area (Å²) in [5.74, 6) is -1.58. The molecule has 6 rings (SSSR count). The first kappa shape index (κ1) is 17.0. The van der Waals surface area contributed by atoms with Crippen molar-refractivity contribution in [1.29, 1.82) is 0 Å². The Morgan fingerprint density at radius 3 is 2.32 bits per heavy atom. The lowest BCUT2D eigenvalue weighted by molar-refractivity contribution is -0.134. The molecule has 6 nitrogen and oxygen atoms in total. The number of carbonyl (C=O) groups is 3. The molecule has 1 heterocycles. The molecule has 1 aliphatic heterocycles. The van der Waals surface area contributed by atoms with Crippen LogP contribution in [-0.2, 0) is 14.4 Å². The Balaban J connectivity index is 1.65. The first-order valence-electron chi connectivity index (χ1n) is 9.28. The summed E-state index contributed by atoms with van der Waals surface area (Å²) in [5.41, 5.74) is 2.28. The van der Waals surface area contributed by atoms with Gasteiger partial charge in [-0.05, 0) is 23.3 Å². The molecule has 1 saturated carbocycles. The van der Waals surface area contributed by atoms with Crippen molar-refractivity contribution in [2.45, 2.75) is 18.3 Å². The minimum atomic E-state index is -0.649. The highest BCUT2D eigenvalue weighted by atomic mass is 16.5. The zero-order valence-corrected chi connectivity index (χ0v) is 15.5. The van der Waals surface area contributed by atoms with Crippen molar-refractivity contribution in [1.82, 2.24) is 0 Å². The van der Waals surface area contributed by atoms with Gasteiger partial charge in [0, 0.05) is 18.4 Å². The second kappa shape index (κ2) is 5.92. The van der Waals surface area contributed by atoms with Crippen molar-refractivity contribution in [3.05, 3.63) is 53.6 Å². The van der Waals surface area contributed by atoms with Gasteiger partial charge in [0.1, 0.15) is 17.3 Å². The third-order valence-corrected chi connectivity index (χ3v) is 6.32. The van der Waals surface area contributed by atoms with Crippen LogP contribution in [0.25, 0.3) is 0 Å². The standard InChI is InChI=1S/C22H19NO5/c1-27-11-7-8-17(28-2)15(9-11)23-21(25)19-14-10-16(24)18(20(19)22(23)26)13-6-4-3-5-12(13)14/h3-9,14,18-20H,10H2,1-2H3. The third-order valence-electron chi connectivity index (χ3n) is 6.32. The Bertz CT molecular complexity index is 1030. The first-order chi connectivity index (χ1) is 13.6. The molecule has 6 heteroatoms. The molecule has 2 fully saturated rings. The maximum Gasteiger partial charge on any atom is 0.238 e. The van der Waals surface area contributed by atoms with E-state index in [4.69, 9.17) is 9.47 Å². The number of nitrogens with zero attached hydrogens (tertiary/aromatic N) is 1. The van der Waals surface area contributed by atoms with Gasteiger partial charge in [-0.1, -0.05) is 24.3 Å². The van der Waals surface area contributed by atoms with Crippen molar-refractivity contribution in [3.63, 3.8) is 0 Å². The largest absolute Gasteiger partial charge is 0.497 e. The van der Waals surface area contributed by atoms with Gasteiger partial charge in [-0.15, -0.1) is 0 Å². The number of anilines is 1. The van der Waals surface area contributed by atoms with Gasteiger partial charge < -0.3 is 9.47 Å². The molecule has 142 valence electrons. The minimum Gasteiger partial charge on any atom is -0.497 e. The molecule has 3 aliphatic carbocycles. The van der Waals surface area contributed by atoms with E-state index in [1.165, 1.54) is 19.1 Å². The van der Waals surface area contributed by atoms with Gasteiger partial charge in [0.15, 0.2) is 0 Å². The average molecular weight is 377 g/mol. The lowest BCUT2D eigenvalue weighted by atomic mass is 9.56. The zero-order valence-electron chi connectivity index (χ0n) is 15.5. The van der Waals surface area contributed by atoms with Crippen LogP contribution in [0.1, 0.15) is 29.4 Å². The summed E-state index contributed by atoms with van der Waals surface area (Å²) in [6, 6.07) is 12.7. The maximum absolute atomic E-state index is 13.4. The Morgan fingerprint density at radius 2 is 1.61 bits per heavy atom. The fraction of sp³-hybridized carbons (Fsp3) is 0.318. The molecule has 0 aromatic heterocycles. The summed E-state index contributed by atoms with van der Waals surface area (Å²) in [6.07, 6.45) is 0.310. The van der Waals surface area contributed by atoms with Gasteiger partial charge in [-0.2, -0.15) is 0 Å². The smallest absolute Gasteiger partial charge is 0.238 e. The Hall–Kier alpha value is -3.15. The van der Waals surface area contributed by atoms with E-state index in [0.717, 1.165) is 11.1 Å². The molecule has 4 unspecified atom stereocenters. The second-order valence-electron chi connectivity index (χ2n) is 7.48. The van der Waals surface area contributed by atoms with E-state index in [9.17, 15) is 14.4 Å². The quantitative estimate of drug-likeness (QED) is 0.769. The van der Waals surface area contributed by atoms with Crippen molar-refractivity contribution in [2.75, 3.05) is 19.1 Å². The number of hydrogen-bond acceptors (Lipinski definition) is 5. The summed E-state index contributed by atoms with van der Waals surface area (Å²) in [4.78, 5) is 40.8. The maximum atomic E-state index is 13.4. The summed E-state index contributed by atoms with van der Waals surface area (Å²) < 4.78 is 10.7. The van der Waals surface area contributed by atoms with Gasteiger partial charge in [-0.25, -0.2) is 4.90 Å². The Kier molecular flexibility index (Phi) is 3.59. The summed E-state index contributed by atoms with van der Waals surface area (Å²) in [6.45, 7) is 0. The fourth-order valence-electron chi connectivity index (χ4n) is 5.17. The van der Waals surface area contributed by atoms with Crippen molar-refractivity contribution >= 4 is 23.3 Å². The van der Waals surface area contributed by atoms with E-state index in [1.807, 2.05) is 24.3 Å². The van der Waals surface area contributed by atoms with Crippen LogP contribution in [0.2, 0.25) is 0 Å². The Labute approximate surface area is 162 Å². The number of ketones is 1. The molecule has 2 aromatic rings. The van der Waals surface area contributed by atoms with Gasteiger partial charge in [0.2, 0.25) is 11.8 Å². The van der Waals surface area contributed by atoms with Gasteiger partial charge >= 0.3 is 0 Å². The van der Waals surface area contributed by atoms with Crippen molar-refractivity contribution < 1.29 is 23.9 Å². The average Bonchev–Trinajstić information content (AvgIpc) is 2.99. The lowest BCUT2D eigenvalue weighted by Crippen LogP contribution is -2.44. The van der Waals surface area contributed by atoms with Gasteiger partial charge in [-0.3, -0.25) is 14.4 Å². The predicted octanol–water partition coefficient (Wildman–Crippen LogP) is 2.66. The number of fused-ring (bicyclic) bond motifs is 1. The van der Waals surface area contributed by atoms with Crippen LogP contribution >= 0.6 is 0 Å². The molecule has 0 radical (unpaired) electrons. The molecule has 2 amide bonds. The van der Waals surface area contributed by atoms with E-state index in [1.54, 1.807) is 18.2 Å². The highest BCUT2D eigenvalue weighted by molar-refractivity contribution is 6.25. The third kappa shape index (κ3) is 2.06. The van der Waals surface area contributed by atoms with E-state index in [0.29, 0.717) is 23.6 Å². The number of Topliss-reactive ketones (excluding diaryl/α,β-unsaturated/α-hetero) is 1. The van der Waals surface area contributed by atoms with Crippen LogP contribution in [0.5, 0.6) is 11.5 Å². The molecule has 0 spiro atoms. The SMILES string of the molecule is COc1ccc(OC)c(N2C(=O)C3C4CC(=O)C(c5ccccc54)C3C2=O)c1. The summed E-state index contributed by atoms with van der Waals surface area (Å²) >= 11 is 0. The van der Waals surface area contributed by atoms with Crippen LogP contribution in [0.4, 0.5) is 5.69 Å². The second-order valence-corrected chi connectivity index (χ2v) is 7.48. The highest BCUT2D eigenvalue weighted by Gasteiger charge is 2.63. The van der Waals surface area contributed by atoms with Crippen LogP contribution in [0.3, 0.4) is 0 Å². The topological polar surface area (TPSA) is 72.9 Å². The zero-order chi connectivity index (χ0) is 19.6. The molecule has 1 saturated heterocycles. The van der Waals surface area contributed by atoms with Gasteiger partial charge in [0.25, 0.3) is 0 Å². The predicted molar refractivity (Wildman–Crippen MR) is 101 cm³/mol. The molecule has 2 aromatic carbocycles. The van der Waals surface area contributed by atoms with Crippen molar-refractivity contribution in [3.8, 4) is 11.5 Å². The fourth-order valence-corrected chi connectivity index (χ4v) is 5.17. The normalized spacial score (nSPS) is 27.6. The highest BCUT2D eigenvalue weighted by Crippen LogP contribution is 2.58. The molecular weight excluding hydrogens is 358 g/mol. The van der Waals surface area contributed by atoms with E-state index in [-0.39, 0.29) is 23.5 Å². The monoisotopic (exact) mass is 377 g/mol. The summed E-state index contributed by atoms with van der Waals surface area (Å²) in [7, 11) is 3.01. The minimum absolute atomic E-state index is 0.0468. The number of benzene rings is 2. The van der Waals surface area contributed by atoms with E-state index < -0.39 is 17.8 Å². The van der Waals surface area contributed by atoms with Crippen LogP contribution in [0.15, 0.2) is 42.5 Å². The number of carbonyl (C=O) groups excluding carboxylic acids is 3. The van der Waals surface area contributed by atoms with Crippen LogP contribution in [0, 0.1) is 11.8 Å². The molecule has 4 atom stereocenters. The molecule has 28 heavy (non-hydrogen) atoms. The number of amides is 2. The van der Waals surface area contributed by atoms with Crippen LogP contribution < -0.4 is 14.4 Å². The Morgan fingerprint density at radius 1 is 0.893 bits per heavy atom. The number of hydrogen-bond donors (Lipinski definition) is 0. The number of ether oxygens (including phenoxy) is 2. The number of methoxy groups -OCH3 is 2. The van der Waals surface area contributed by atoms with Gasteiger partial charge in [0.05, 0.1) is 37.7 Å². The molecule has 0 N–H and O–H groups in total. The first-order valence-corrected chi connectivity index (χ1v) is 9.28. The molecular formula is C22H19NO5. The summed E-state index contributed by atoms with van der Waals surface area (Å²) in [5, 5.41) is 0. The molecule has 4 aliphatic rings. The lowest BCUT2D eigenvalue weighted by Gasteiger charge is -2.43. The molecule has 2 bridgehead atoms. The number of rotatable bonds is 3. The van der Waals surface area contributed by atoms with E-state index >= 15 is 0 Å². The van der Waals surface area contributed by atoms with E-state index in [2.05, 4.69) is 0 Å². The number of imide groups is 1. The van der Waals surface area contributed by atoms with Crippen molar-refractivity contribution in [2.24, 2.45) is 11.8 Å².